The fourth-order valence-corrected chi connectivity index (χ4v) is 3.19. The highest BCUT2D eigenvalue weighted by Crippen LogP contribution is 2.33. The second kappa shape index (κ2) is 10.2. The summed E-state index contributed by atoms with van der Waals surface area (Å²) in [6.45, 7) is 10.5. The first-order chi connectivity index (χ1) is 11.8. The molecule has 25 heavy (non-hydrogen) atoms. The minimum atomic E-state index is -0.957. The maximum absolute atomic E-state index is 12.5. The van der Waals surface area contributed by atoms with E-state index in [1.165, 1.54) is 18.9 Å². The molecule has 0 unspecified atom stereocenters. The topological polar surface area (TPSA) is 63.6 Å². The number of hydrogen-bond acceptors (Lipinski definition) is 3. The normalized spacial score (nSPS) is 11.2. The van der Waals surface area contributed by atoms with Crippen LogP contribution in [0.3, 0.4) is 0 Å². The summed E-state index contributed by atoms with van der Waals surface area (Å²) in [5.41, 5.74) is 2.30. The largest absolute Gasteiger partial charge is 0.478 e. The van der Waals surface area contributed by atoms with E-state index in [4.69, 9.17) is 4.74 Å². The highest BCUT2D eigenvalue weighted by molar-refractivity contribution is 5.96. The number of unbranched alkanes of at least 4 members (excludes halogenated alkanes) is 4. The van der Waals surface area contributed by atoms with E-state index in [0.29, 0.717) is 12.2 Å². The van der Waals surface area contributed by atoms with Gasteiger partial charge in [-0.1, -0.05) is 60.3 Å². The van der Waals surface area contributed by atoms with Gasteiger partial charge in [0.2, 0.25) is 0 Å². The van der Waals surface area contributed by atoms with Crippen molar-refractivity contribution in [1.82, 2.24) is 0 Å². The average Bonchev–Trinajstić information content (AvgIpc) is 2.55. The van der Waals surface area contributed by atoms with Gasteiger partial charge in [0, 0.05) is 0 Å². The Morgan fingerprint density at radius 3 is 1.96 bits per heavy atom. The van der Waals surface area contributed by atoms with Crippen molar-refractivity contribution in [3.05, 3.63) is 34.4 Å². The predicted molar refractivity (Wildman–Crippen MR) is 101 cm³/mol. The number of benzene rings is 1. The number of hydrogen-bond donors (Lipinski definition) is 1. The van der Waals surface area contributed by atoms with Crippen LogP contribution in [0.25, 0.3) is 0 Å². The van der Waals surface area contributed by atoms with Crippen molar-refractivity contribution < 1.29 is 19.4 Å². The van der Waals surface area contributed by atoms with Crippen LogP contribution in [0.5, 0.6) is 0 Å². The Morgan fingerprint density at radius 1 is 0.920 bits per heavy atom. The summed E-state index contributed by atoms with van der Waals surface area (Å²) >= 11 is 0. The molecule has 1 aromatic rings. The van der Waals surface area contributed by atoms with Gasteiger partial charge in [0.05, 0.1) is 17.7 Å². The molecule has 0 atom stereocenters. The van der Waals surface area contributed by atoms with Gasteiger partial charge in [0.15, 0.2) is 0 Å². The summed E-state index contributed by atoms with van der Waals surface area (Å²) in [5, 5.41) is 9.48. The molecular weight excluding hydrogens is 316 g/mol. The van der Waals surface area contributed by atoms with Gasteiger partial charge >= 0.3 is 11.9 Å². The number of ether oxygens (including phenoxy) is 1. The molecule has 0 fully saturated rings. The molecule has 1 rings (SSSR count). The fourth-order valence-electron chi connectivity index (χ4n) is 3.19. The van der Waals surface area contributed by atoms with Crippen molar-refractivity contribution in [1.29, 1.82) is 0 Å². The fraction of sp³-hybridized carbons (Fsp3) is 0.619. The highest BCUT2D eigenvalue weighted by atomic mass is 16.5. The monoisotopic (exact) mass is 348 g/mol. The molecule has 1 N–H and O–H groups in total. The van der Waals surface area contributed by atoms with Crippen molar-refractivity contribution in [2.75, 3.05) is 6.61 Å². The molecule has 0 bridgehead atoms. The minimum Gasteiger partial charge on any atom is -0.478 e. The standard InChI is InChI=1S/C21H32O4/c1-6-7-8-9-10-13-25-21(24)17-12-11-16(20(22)23)18(14(2)3)19(17)15(4)5/h11-12,14-15H,6-10,13H2,1-5H3,(H,22,23). The van der Waals surface area contributed by atoms with E-state index >= 15 is 0 Å². The lowest BCUT2D eigenvalue weighted by Gasteiger charge is -2.21. The molecule has 0 aromatic heterocycles. The maximum Gasteiger partial charge on any atom is 0.338 e. The molecule has 1 aromatic carbocycles. The third-order valence-electron chi connectivity index (χ3n) is 4.37. The van der Waals surface area contributed by atoms with Gasteiger partial charge in [-0.05, 0) is 41.5 Å². The van der Waals surface area contributed by atoms with E-state index in [-0.39, 0.29) is 23.4 Å². The van der Waals surface area contributed by atoms with E-state index in [1.807, 2.05) is 27.7 Å². The van der Waals surface area contributed by atoms with Gasteiger partial charge in [-0.25, -0.2) is 9.59 Å². The van der Waals surface area contributed by atoms with Crippen LogP contribution in [0.15, 0.2) is 12.1 Å². The maximum atomic E-state index is 12.5. The Hall–Kier alpha value is -1.84. The Kier molecular flexibility index (Phi) is 8.67. The summed E-state index contributed by atoms with van der Waals surface area (Å²) in [5.74, 6) is -1.24. The first kappa shape index (κ1) is 21.2. The van der Waals surface area contributed by atoms with Crippen LogP contribution in [0, 0.1) is 0 Å². The molecule has 0 saturated heterocycles. The second-order valence-electron chi connectivity index (χ2n) is 7.15. The zero-order chi connectivity index (χ0) is 19.0. The molecule has 0 amide bonds. The SMILES string of the molecule is CCCCCCCOC(=O)c1ccc(C(=O)O)c(C(C)C)c1C(C)C. The summed E-state index contributed by atoms with van der Waals surface area (Å²) in [6, 6.07) is 3.13. The Labute approximate surface area is 151 Å². The Bertz CT molecular complexity index is 588. The van der Waals surface area contributed by atoms with Crippen LogP contribution in [-0.2, 0) is 4.74 Å². The first-order valence-corrected chi connectivity index (χ1v) is 9.38. The minimum absolute atomic E-state index is 0.0188. The van der Waals surface area contributed by atoms with Gasteiger partial charge in [0.25, 0.3) is 0 Å². The van der Waals surface area contributed by atoms with Crippen molar-refractivity contribution in [2.24, 2.45) is 0 Å². The molecule has 4 heteroatoms. The van der Waals surface area contributed by atoms with Gasteiger partial charge in [-0.2, -0.15) is 0 Å². The molecule has 0 spiro atoms. The zero-order valence-corrected chi connectivity index (χ0v) is 16.2. The zero-order valence-electron chi connectivity index (χ0n) is 16.2. The van der Waals surface area contributed by atoms with Crippen molar-refractivity contribution in [2.45, 2.75) is 78.6 Å². The summed E-state index contributed by atoms with van der Waals surface area (Å²) in [7, 11) is 0. The molecule has 0 saturated carbocycles. The average molecular weight is 348 g/mol. The van der Waals surface area contributed by atoms with Gasteiger partial charge in [-0.3, -0.25) is 0 Å². The predicted octanol–water partition coefficient (Wildman–Crippen LogP) is 5.76. The lowest BCUT2D eigenvalue weighted by Crippen LogP contribution is -2.16. The van der Waals surface area contributed by atoms with Crippen LogP contribution < -0.4 is 0 Å². The van der Waals surface area contributed by atoms with E-state index in [2.05, 4.69) is 6.92 Å². The molecule has 0 radical (unpaired) electrons. The second-order valence-corrected chi connectivity index (χ2v) is 7.15. The summed E-state index contributed by atoms with van der Waals surface area (Å²) in [4.78, 5) is 24.1. The molecular formula is C21H32O4. The number of esters is 1. The lowest BCUT2D eigenvalue weighted by atomic mass is 9.83. The van der Waals surface area contributed by atoms with Crippen LogP contribution in [0.1, 0.15) is 110 Å². The van der Waals surface area contributed by atoms with Crippen molar-refractivity contribution >= 4 is 11.9 Å². The number of carboxylic acids is 1. The number of aromatic carboxylic acids is 1. The molecule has 0 aliphatic rings. The smallest absolute Gasteiger partial charge is 0.338 e. The number of carbonyl (C=O) groups excluding carboxylic acids is 1. The summed E-state index contributed by atoms with van der Waals surface area (Å²) in [6.07, 6.45) is 5.49. The molecule has 0 aliphatic heterocycles. The highest BCUT2D eigenvalue weighted by Gasteiger charge is 2.25. The molecule has 0 heterocycles. The third-order valence-corrected chi connectivity index (χ3v) is 4.37. The van der Waals surface area contributed by atoms with Gasteiger partial charge in [0.1, 0.15) is 0 Å². The van der Waals surface area contributed by atoms with Crippen LogP contribution in [0.2, 0.25) is 0 Å². The molecule has 140 valence electrons. The Morgan fingerprint density at radius 2 is 1.44 bits per heavy atom. The van der Waals surface area contributed by atoms with Crippen LogP contribution in [-0.4, -0.2) is 23.7 Å². The van der Waals surface area contributed by atoms with Crippen LogP contribution in [0.4, 0.5) is 0 Å². The number of rotatable bonds is 10. The Balaban J connectivity index is 3.00. The van der Waals surface area contributed by atoms with Crippen LogP contribution >= 0.6 is 0 Å². The molecule has 4 nitrogen and oxygen atoms in total. The quantitative estimate of drug-likeness (QED) is 0.431. The van der Waals surface area contributed by atoms with E-state index in [1.54, 1.807) is 6.07 Å². The van der Waals surface area contributed by atoms with Gasteiger partial charge in [-0.15, -0.1) is 0 Å². The number of carboxylic acid groups (broad SMARTS) is 1. The van der Waals surface area contributed by atoms with Gasteiger partial charge < -0.3 is 9.84 Å². The van der Waals surface area contributed by atoms with E-state index in [9.17, 15) is 14.7 Å². The number of carbonyl (C=O) groups is 2. The van der Waals surface area contributed by atoms with Crippen molar-refractivity contribution in [3.8, 4) is 0 Å². The van der Waals surface area contributed by atoms with E-state index in [0.717, 1.165) is 30.4 Å². The lowest BCUT2D eigenvalue weighted by molar-refractivity contribution is 0.0494. The third kappa shape index (κ3) is 5.87. The first-order valence-electron chi connectivity index (χ1n) is 9.38. The van der Waals surface area contributed by atoms with Crippen molar-refractivity contribution in [3.63, 3.8) is 0 Å². The molecule has 0 aliphatic carbocycles. The summed E-state index contributed by atoms with van der Waals surface area (Å²) < 4.78 is 5.45. The van der Waals surface area contributed by atoms with E-state index < -0.39 is 5.97 Å².